The highest BCUT2D eigenvalue weighted by Gasteiger charge is 2.38. The highest BCUT2D eigenvalue weighted by atomic mass is 16.5. The van der Waals surface area contributed by atoms with E-state index in [1.807, 2.05) is 0 Å². The molecule has 3 nitrogen and oxygen atoms in total. The average molecular weight is 244 g/mol. The van der Waals surface area contributed by atoms with Crippen molar-refractivity contribution in [2.75, 3.05) is 13.7 Å². The lowest BCUT2D eigenvalue weighted by atomic mass is 9.73. The molecule has 0 spiro atoms. The van der Waals surface area contributed by atoms with Crippen LogP contribution in [0.1, 0.15) is 53.4 Å². The molecule has 0 aromatic heterocycles. The van der Waals surface area contributed by atoms with Crippen LogP contribution < -0.4 is 0 Å². The van der Waals surface area contributed by atoms with E-state index in [-0.39, 0.29) is 23.2 Å². The predicted octanol–water partition coefficient (Wildman–Crippen LogP) is 2.76. The molecule has 0 amide bonds. The maximum atomic E-state index is 10.2. The SMILES string of the molecule is COC(C)(C)CCOC1CCCC(C)(C)C1O. The molecule has 0 bridgehead atoms. The van der Waals surface area contributed by atoms with Gasteiger partial charge >= 0.3 is 0 Å². The van der Waals surface area contributed by atoms with Crippen molar-refractivity contribution in [1.82, 2.24) is 0 Å². The molecule has 0 aliphatic heterocycles. The molecule has 1 fully saturated rings. The minimum atomic E-state index is -0.345. The number of aliphatic hydroxyl groups is 1. The van der Waals surface area contributed by atoms with Crippen LogP contribution in [-0.4, -0.2) is 36.6 Å². The first-order chi connectivity index (χ1) is 7.78. The summed E-state index contributed by atoms with van der Waals surface area (Å²) in [5.41, 5.74) is -0.158. The Bertz CT molecular complexity index is 236. The summed E-state index contributed by atoms with van der Waals surface area (Å²) in [5.74, 6) is 0. The summed E-state index contributed by atoms with van der Waals surface area (Å²) in [5, 5.41) is 10.2. The van der Waals surface area contributed by atoms with E-state index in [1.54, 1.807) is 7.11 Å². The molecule has 2 atom stereocenters. The summed E-state index contributed by atoms with van der Waals surface area (Å²) in [6.07, 6.45) is 3.69. The minimum Gasteiger partial charge on any atom is -0.390 e. The fraction of sp³-hybridized carbons (Fsp3) is 1.00. The monoisotopic (exact) mass is 244 g/mol. The van der Waals surface area contributed by atoms with Gasteiger partial charge in [-0.25, -0.2) is 0 Å². The summed E-state index contributed by atoms with van der Waals surface area (Å²) in [4.78, 5) is 0. The Kier molecular flexibility index (Phi) is 4.99. The molecule has 0 radical (unpaired) electrons. The second-order valence-corrected chi connectivity index (χ2v) is 6.45. The highest BCUT2D eigenvalue weighted by Crippen LogP contribution is 2.37. The highest BCUT2D eigenvalue weighted by molar-refractivity contribution is 4.89. The second-order valence-electron chi connectivity index (χ2n) is 6.45. The van der Waals surface area contributed by atoms with E-state index in [0.29, 0.717) is 6.61 Å². The Morgan fingerprint density at radius 3 is 2.59 bits per heavy atom. The van der Waals surface area contributed by atoms with Crippen molar-refractivity contribution < 1.29 is 14.6 Å². The smallest absolute Gasteiger partial charge is 0.0852 e. The Morgan fingerprint density at radius 2 is 2.00 bits per heavy atom. The van der Waals surface area contributed by atoms with Crippen molar-refractivity contribution in [2.45, 2.75) is 71.2 Å². The van der Waals surface area contributed by atoms with Gasteiger partial charge in [-0.3, -0.25) is 0 Å². The molecule has 2 unspecified atom stereocenters. The average Bonchev–Trinajstić information content (AvgIpc) is 2.24. The van der Waals surface area contributed by atoms with Crippen LogP contribution in [0.5, 0.6) is 0 Å². The third-order valence-electron chi connectivity index (χ3n) is 4.05. The fourth-order valence-electron chi connectivity index (χ4n) is 2.30. The van der Waals surface area contributed by atoms with Gasteiger partial charge in [-0.2, -0.15) is 0 Å². The minimum absolute atomic E-state index is 0.00796. The van der Waals surface area contributed by atoms with Gasteiger partial charge < -0.3 is 14.6 Å². The standard InChI is InChI=1S/C14H28O3/c1-13(2)8-6-7-11(12(13)15)17-10-9-14(3,4)16-5/h11-12,15H,6-10H2,1-5H3. The van der Waals surface area contributed by atoms with Crippen molar-refractivity contribution in [2.24, 2.45) is 5.41 Å². The van der Waals surface area contributed by atoms with Crippen LogP contribution in [-0.2, 0) is 9.47 Å². The number of rotatable bonds is 5. The molecular formula is C14H28O3. The van der Waals surface area contributed by atoms with Crippen molar-refractivity contribution in [3.05, 3.63) is 0 Å². The molecule has 0 aromatic carbocycles. The van der Waals surface area contributed by atoms with Crippen LogP contribution in [0.15, 0.2) is 0 Å². The van der Waals surface area contributed by atoms with Gasteiger partial charge in [0, 0.05) is 13.7 Å². The van der Waals surface area contributed by atoms with E-state index in [1.165, 1.54) is 0 Å². The maximum Gasteiger partial charge on any atom is 0.0852 e. The number of aliphatic hydroxyl groups excluding tert-OH is 1. The Balaban J connectivity index is 2.37. The molecule has 1 saturated carbocycles. The van der Waals surface area contributed by atoms with E-state index in [4.69, 9.17) is 9.47 Å². The van der Waals surface area contributed by atoms with E-state index < -0.39 is 0 Å². The predicted molar refractivity (Wildman–Crippen MR) is 69.1 cm³/mol. The number of methoxy groups -OCH3 is 1. The van der Waals surface area contributed by atoms with Crippen molar-refractivity contribution in [3.63, 3.8) is 0 Å². The normalized spacial score (nSPS) is 29.3. The molecule has 0 aromatic rings. The van der Waals surface area contributed by atoms with Gasteiger partial charge in [0.25, 0.3) is 0 Å². The summed E-state index contributed by atoms with van der Waals surface area (Å²) >= 11 is 0. The summed E-state index contributed by atoms with van der Waals surface area (Å²) in [6.45, 7) is 8.99. The number of ether oxygens (including phenoxy) is 2. The van der Waals surface area contributed by atoms with Crippen LogP contribution in [0, 0.1) is 5.41 Å². The lowest BCUT2D eigenvalue weighted by molar-refractivity contribution is -0.121. The second kappa shape index (κ2) is 5.68. The summed E-state index contributed by atoms with van der Waals surface area (Å²) < 4.78 is 11.2. The van der Waals surface area contributed by atoms with Crippen LogP contribution in [0.25, 0.3) is 0 Å². The van der Waals surface area contributed by atoms with E-state index in [2.05, 4.69) is 27.7 Å². The topological polar surface area (TPSA) is 38.7 Å². The van der Waals surface area contributed by atoms with Gasteiger partial charge in [0.2, 0.25) is 0 Å². The largest absolute Gasteiger partial charge is 0.390 e. The zero-order valence-electron chi connectivity index (χ0n) is 12.0. The number of hydrogen-bond acceptors (Lipinski definition) is 3. The molecule has 3 heteroatoms. The zero-order chi connectivity index (χ0) is 13.1. The summed E-state index contributed by atoms with van der Waals surface area (Å²) in [7, 11) is 1.72. The van der Waals surface area contributed by atoms with E-state index >= 15 is 0 Å². The quantitative estimate of drug-likeness (QED) is 0.808. The van der Waals surface area contributed by atoms with Crippen LogP contribution in [0.4, 0.5) is 0 Å². The zero-order valence-corrected chi connectivity index (χ0v) is 12.0. The fourth-order valence-corrected chi connectivity index (χ4v) is 2.30. The van der Waals surface area contributed by atoms with Gasteiger partial charge in [-0.1, -0.05) is 20.3 Å². The van der Waals surface area contributed by atoms with Gasteiger partial charge in [-0.15, -0.1) is 0 Å². The third-order valence-corrected chi connectivity index (χ3v) is 4.05. The maximum absolute atomic E-state index is 10.2. The lowest BCUT2D eigenvalue weighted by Gasteiger charge is -2.40. The molecule has 0 heterocycles. The van der Waals surface area contributed by atoms with E-state index in [9.17, 15) is 5.11 Å². The Hall–Kier alpha value is -0.120. The van der Waals surface area contributed by atoms with Crippen molar-refractivity contribution in [3.8, 4) is 0 Å². The molecule has 1 N–H and O–H groups in total. The summed E-state index contributed by atoms with van der Waals surface area (Å²) in [6, 6.07) is 0. The van der Waals surface area contributed by atoms with Gasteiger partial charge in [0.15, 0.2) is 0 Å². The van der Waals surface area contributed by atoms with Crippen LogP contribution in [0.2, 0.25) is 0 Å². The third kappa shape index (κ3) is 4.23. The molecule has 102 valence electrons. The molecular weight excluding hydrogens is 216 g/mol. The number of hydrogen-bond donors (Lipinski definition) is 1. The van der Waals surface area contributed by atoms with Gasteiger partial charge in [0.1, 0.15) is 0 Å². The van der Waals surface area contributed by atoms with Crippen LogP contribution in [0.3, 0.4) is 0 Å². The Morgan fingerprint density at radius 1 is 1.35 bits per heavy atom. The molecule has 0 saturated heterocycles. The van der Waals surface area contributed by atoms with Gasteiger partial charge in [0.05, 0.1) is 17.8 Å². The lowest BCUT2D eigenvalue weighted by Crippen LogP contribution is -2.45. The van der Waals surface area contributed by atoms with Crippen molar-refractivity contribution >= 4 is 0 Å². The molecule has 1 rings (SSSR count). The van der Waals surface area contributed by atoms with E-state index in [0.717, 1.165) is 25.7 Å². The molecule has 17 heavy (non-hydrogen) atoms. The molecule has 1 aliphatic rings. The van der Waals surface area contributed by atoms with Crippen LogP contribution >= 0.6 is 0 Å². The first-order valence-electron chi connectivity index (χ1n) is 6.63. The van der Waals surface area contributed by atoms with Crippen molar-refractivity contribution in [1.29, 1.82) is 0 Å². The molecule has 1 aliphatic carbocycles. The first kappa shape index (κ1) is 14.9. The Labute approximate surface area is 105 Å². The first-order valence-corrected chi connectivity index (χ1v) is 6.63. The van der Waals surface area contributed by atoms with Gasteiger partial charge in [-0.05, 0) is 38.5 Å².